The summed E-state index contributed by atoms with van der Waals surface area (Å²) in [6, 6.07) is 6.14. The van der Waals surface area contributed by atoms with Gasteiger partial charge in [-0.15, -0.1) is 0 Å². The zero-order valence-electron chi connectivity index (χ0n) is 11.8. The first-order chi connectivity index (χ1) is 9.35. The Hall–Kier alpha value is -0.870. The maximum absolute atomic E-state index is 6.23. The summed E-state index contributed by atoms with van der Waals surface area (Å²) in [6.07, 6.45) is 3.68. The van der Waals surface area contributed by atoms with E-state index in [9.17, 15) is 0 Å². The molecule has 0 bridgehead atoms. The molecule has 106 valence electrons. The van der Waals surface area contributed by atoms with Crippen LogP contribution in [0.3, 0.4) is 0 Å². The summed E-state index contributed by atoms with van der Waals surface area (Å²) in [6.45, 7) is 0.947. The van der Waals surface area contributed by atoms with Crippen LogP contribution in [0.4, 0.5) is 0 Å². The molecule has 0 spiro atoms. The number of hydrogen-bond acceptors (Lipinski definition) is 4. The van der Waals surface area contributed by atoms with Gasteiger partial charge in [-0.25, -0.2) is 0 Å². The Morgan fingerprint density at radius 1 is 1.42 bits per heavy atom. The number of likely N-dealkylation sites (N-methyl/N-ethyl adjacent to an activating group) is 1. The number of rotatable bonds is 6. The molecule has 0 aliphatic carbocycles. The fourth-order valence-corrected chi connectivity index (χ4v) is 3.32. The third-order valence-electron chi connectivity index (χ3n) is 3.33. The smallest absolute Gasteiger partial charge is 0.164 e. The molecule has 1 saturated heterocycles. The molecule has 3 nitrogen and oxygen atoms in total. The van der Waals surface area contributed by atoms with E-state index in [0.717, 1.165) is 36.6 Å². The fourth-order valence-electron chi connectivity index (χ4n) is 2.28. The van der Waals surface area contributed by atoms with Crippen molar-refractivity contribution in [3.05, 3.63) is 23.8 Å². The topological polar surface area (TPSA) is 30.5 Å². The Morgan fingerprint density at radius 3 is 3.00 bits per heavy atom. The highest BCUT2D eigenvalue weighted by atomic mass is 32.2. The molecule has 0 amide bonds. The Bertz CT molecular complexity index is 392. The predicted octanol–water partition coefficient (Wildman–Crippen LogP) is 2.73. The third kappa shape index (κ3) is 4.05. The van der Waals surface area contributed by atoms with Gasteiger partial charge < -0.3 is 14.8 Å². The lowest BCUT2D eigenvalue weighted by Crippen LogP contribution is -2.24. The minimum atomic E-state index is 0.323. The summed E-state index contributed by atoms with van der Waals surface area (Å²) in [5.41, 5.74) is 1.23. The Balaban J connectivity index is 2.14. The summed E-state index contributed by atoms with van der Waals surface area (Å²) in [5.74, 6) is 4.14. The zero-order valence-corrected chi connectivity index (χ0v) is 12.6. The van der Waals surface area contributed by atoms with Crippen LogP contribution in [0.15, 0.2) is 18.2 Å². The fraction of sp³-hybridized carbons (Fsp3) is 0.600. The van der Waals surface area contributed by atoms with Crippen molar-refractivity contribution in [2.45, 2.75) is 25.4 Å². The average molecular weight is 281 g/mol. The molecule has 1 aromatic rings. The molecule has 0 radical (unpaired) electrons. The lowest BCUT2D eigenvalue weighted by molar-refractivity contribution is 0.200. The highest BCUT2D eigenvalue weighted by Crippen LogP contribution is 2.34. The zero-order chi connectivity index (χ0) is 13.5. The molecule has 1 N–H and O–H groups in total. The number of ether oxygens (including phenoxy) is 2. The second kappa shape index (κ2) is 7.65. The van der Waals surface area contributed by atoms with Crippen LogP contribution < -0.4 is 14.8 Å². The number of thioether (sulfide) groups is 1. The van der Waals surface area contributed by atoms with Crippen LogP contribution in [0.5, 0.6) is 11.5 Å². The lowest BCUT2D eigenvalue weighted by atomic mass is 10.1. The van der Waals surface area contributed by atoms with Crippen LogP contribution in [-0.2, 0) is 6.42 Å². The molecular formula is C15H23NO2S. The number of hydrogen-bond donors (Lipinski definition) is 1. The maximum atomic E-state index is 6.23. The molecule has 1 unspecified atom stereocenters. The summed E-state index contributed by atoms with van der Waals surface area (Å²) >= 11 is 1.98. The van der Waals surface area contributed by atoms with Crippen molar-refractivity contribution >= 4 is 11.8 Å². The van der Waals surface area contributed by atoms with Gasteiger partial charge in [0.25, 0.3) is 0 Å². The van der Waals surface area contributed by atoms with E-state index in [1.54, 1.807) is 7.11 Å². The van der Waals surface area contributed by atoms with Crippen LogP contribution in [0.25, 0.3) is 0 Å². The number of para-hydroxylation sites is 1. The van der Waals surface area contributed by atoms with E-state index in [4.69, 9.17) is 9.47 Å². The number of methoxy groups -OCH3 is 1. The van der Waals surface area contributed by atoms with Gasteiger partial charge in [0.15, 0.2) is 11.5 Å². The molecule has 0 aromatic heterocycles. The van der Waals surface area contributed by atoms with Gasteiger partial charge >= 0.3 is 0 Å². The summed E-state index contributed by atoms with van der Waals surface area (Å²) in [4.78, 5) is 0. The molecule has 4 heteroatoms. The molecule has 19 heavy (non-hydrogen) atoms. The summed E-state index contributed by atoms with van der Waals surface area (Å²) in [5, 5.41) is 3.18. The minimum absolute atomic E-state index is 0.323. The van der Waals surface area contributed by atoms with Crippen molar-refractivity contribution in [1.82, 2.24) is 5.32 Å². The van der Waals surface area contributed by atoms with E-state index < -0.39 is 0 Å². The van der Waals surface area contributed by atoms with Gasteiger partial charge in [-0.3, -0.25) is 0 Å². The molecule has 1 atom stereocenters. The predicted molar refractivity (Wildman–Crippen MR) is 81.6 cm³/mol. The van der Waals surface area contributed by atoms with Crippen molar-refractivity contribution in [3.63, 3.8) is 0 Å². The first-order valence-corrected chi connectivity index (χ1v) is 8.05. The number of benzene rings is 1. The molecule has 1 aromatic carbocycles. The highest BCUT2D eigenvalue weighted by Gasteiger charge is 2.19. The second-order valence-corrected chi connectivity index (χ2v) is 5.91. The van der Waals surface area contributed by atoms with Gasteiger partial charge in [0.2, 0.25) is 0 Å². The first-order valence-electron chi connectivity index (χ1n) is 6.90. The standard InChI is InChI=1S/C15H23NO2S/c1-16-9-8-12-5-3-7-14(17-2)15(12)18-13-6-4-10-19-11-13/h3,5,7,13,16H,4,6,8-11H2,1-2H3. The maximum Gasteiger partial charge on any atom is 0.164 e. The van der Waals surface area contributed by atoms with Crippen molar-refractivity contribution in [2.24, 2.45) is 0 Å². The van der Waals surface area contributed by atoms with E-state index in [-0.39, 0.29) is 0 Å². The molecule has 0 saturated carbocycles. The van der Waals surface area contributed by atoms with Gasteiger partial charge in [-0.2, -0.15) is 11.8 Å². The molecule has 1 fully saturated rings. The van der Waals surface area contributed by atoms with E-state index >= 15 is 0 Å². The summed E-state index contributed by atoms with van der Waals surface area (Å²) in [7, 11) is 3.68. The molecule has 1 aliphatic heterocycles. The van der Waals surface area contributed by atoms with Gasteiger partial charge in [-0.05, 0) is 50.2 Å². The van der Waals surface area contributed by atoms with E-state index in [1.807, 2.05) is 30.9 Å². The molecule has 2 rings (SSSR count). The van der Waals surface area contributed by atoms with Gasteiger partial charge in [0, 0.05) is 5.75 Å². The van der Waals surface area contributed by atoms with Crippen LogP contribution in [-0.4, -0.2) is 38.3 Å². The van der Waals surface area contributed by atoms with E-state index in [2.05, 4.69) is 11.4 Å². The largest absolute Gasteiger partial charge is 0.493 e. The van der Waals surface area contributed by atoms with Crippen LogP contribution in [0, 0.1) is 0 Å². The monoisotopic (exact) mass is 281 g/mol. The second-order valence-electron chi connectivity index (χ2n) is 4.76. The first kappa shape index (κ1) is 14.5. The van der Waals surface area contributed by atoms with Crippen molar-refractivity contribution in [3.8, 4) is 11.5 Å². The quantitative estimate of drug-likeness (QED) is 0.868. The molecule has 1 heterocycles. The van der Waals surface area contributed by atoms with Crippen LogP contribution in [0.2, 0.25) is 0 Å². The normalized spacial score (nSPS) is 19.2. The van der Waals surface area contributed by atoms with Crippen LogP contribution >= 0.6 is 11.8 Å². The average Bonchev–Trinajstić information content (AvgIpc) is 2.47. The van der Waals surface area contributed by atoms with Crippen molar-refractivity contribution in [2.75, 3.05) is 32.2 Å². The van der Waals surface area contributed by atoms with E-state index in [1.165, 1.54) is 17.7 Å². The third-order valence-corrected chi connectivity index (χ3v) is 4.51. The summed E-state index contributed by atoms with van der Waals surface area (Å²) < 4.78 is 11.7. The Labute approximate surface area is 120 Å². The Kier molecular flexibility index (Phi) is 5.86. The highest BCUT2D eigenvalue weighted by molar-refractivity contribution is 7.99. The van der Waals surface area contributed by atoms with E-state index in [0.29, 0.717) is 6.10 Å². The van der Waals surface area contributed by atoms with Gasteiger partial charge in [0.1, 0.15) is 6.10 Å². The molecular weight excluding hydrogens is 258 g/mol. The SMILES string of the molecule is CNCCc1cccc(OC)c1OC1CCCSC1. The minimum Gasteiger partial charge on any atom is -0.493 e. The molecule has 1 aliphatic rings. The Morgan fingerprint density at radius 2 is 2.32 bits per heavy atom. The van der Waals surface area contributed by atoms with Crippen molar-refractivity contribution < 1.29 is 9.47 Å². The van der Waals surface area contributed by atoms with Crippen molar-refractivity contribution in [1.29, 1.82) is 0 Å². The van der Waals surface area contributed by atoms with Gasteiger partial charge in [0.05, 0.1) is 7.11 Å². The van der Waals surface area contributed by atoms with Gasteiger partial charge in [-0.1, -0.05) is 12.1 Å². The lowest BCUT2D eigenvalue weighted by Gasteiger charge is -2.25. The van der Waals surface area contributed by atoms with Crippen LogP contribution in [0.1, 0.15) is 18.4 Å². The number of nitrogens with one attached hydrogen (secondary N) is 1.